The van der Waals surface area contributed by atoms with Crippen LogP contribution in [0.2, 0.25) is 5.02 Å². The largest absolute Gasteiger partial charge is 0.367 e. The van der Waals surface area contributed by atoms with Crippen molar-refractivity contribution >= 4 is 57.4 Å². The lowest BCUT2D eigenvalue weighted by Gasteiger charge is -2.39. The zero-order valence-electron chi connectivity index (χ0n) is 16.8. The van der Waals surface area contributed by atoms with Gasteiger partial charge in [-0.25, -0.2) is 0 Å². The molecule has 0 spiro atoms. The van der Waals surface area contributed by atoms with Crippen molar-refractivity contribution in [3.8, 4) is 0 Å². The fourth-order valence-electron chi connectivity index (χ4n) is 3.31. The summed E-state index contributed by atoms with van der Waals surface area (Å²) < 4.78 is 0.896. The topological polar surface area (TPSA) is 52.7 Å². The fourth-order valence-corrected chi connectivity index (χ4v) is 4.24. The predicted octanol–water partition coefficient (Wildman–Crippen LogP) is 4.89. The van der Waals surface area contributed by atoms with E-state index in [1.807, 2.05) is 56.0 Å². The van der Waals surface area contributed by atoms with E-state index in [0.29, 0.717) is 29.4 Å². The zero-order valence-corrected chi connectivity index (χ0v) is 19.8. The van der Waals surface area contributed by atoms with Crippen LogP contribution in [0.25, 0.3) is 0 Å². The molecule has 0 bridgehead atoms. The molecule has 2 aromatic carbocycles. The van der Waals surface area contributed by atoms with Gasteiger partial charge in [0.05, 0.1) is 16.3 Å². The summed E-state index contributed by atoms with van der Waals surface area (Å²) >= 11 is 8.67. The third-order valence-electron chi connectivity index (χ3n) is 4.87. The van der Waals surface area contributed by atoms with E-state index in [1.165, 1.54) is 0 Å². The Kier molecular flexibility index (Phi) is 6.73. The quantitative estimate of drug-likeness (QED) is 0.581. The Hall–Kier alpha value is -1.80. The highest BCUT2D eigenvalue weighted by Crippen LogP contribution is 2.30. The lowest BCUT2D eigenvalue weighted by atomic mass is 9.94. The van der Waals surface area contributed by atoms with Crippen LogP contribution in [0.5, 0.6) is 0 Å². The van der Waals surface area contributed by atoms with Gasteiger partial charge >= 0.3 is 0 Å². The number of hydrogen-bond acceptors (Lipinski definition) is 3. The molecule has 5 nitrogen and oxygen atoms in total. The molecule has 1 fully saturated rings. The van der Waals surface area contributed by atoms with E-state index in [4.69, 9.17) is 11.6 Å². The summed E-state index contributed by atoms with van der Waals surface area (Å²) in [5.41, 5.74) is 1.84. The molecule has 0 radical (unpaired) electrons. The standard InChI is InChI=1S/C22H25ClIN3O2/c1-22(2,3)21(29)27-12-10-26(11-13-27)19-9-8-15(14-17(19)23)25-20(28)16-6-4-5-7-18(16)24/h4-9,14H,10-13H2,1-3H3,(H,25,28). The minimum Gasteiger partial charge on any atom is -0.367 e. The first-order valence-corrected chi connectivity index (χ1v) is 11.0. The van der Waals surface area contributed by atoms with Crippen LogP contribution < -0.4 is 10.2 Å². The monoisotopic (exact) mass is 525 g/mol. The number of benzene rings is 2. The molecule has 0 aliphatic carbocycles. The highest BCUT2D eigenvalue weighted by atomic mass is 127. The molecule has 0 unspecified atom stereocenters. The summed E-state index contributed by atoms with van der Waals surface area (Å²) in [6, 6.07) is 13.0. The van der Waals surface area contributed by atoms with Crippen molar-refractivity contribution in [2.24, 2.45) is 5.41 Å². The summed E-state index contributed by atoms with van der Waals surface area (Å²) in [5, 5.41) is 3.49. The number of rotatable bonds is 3. The summed E-state index contributed by atoms with van der Waals surface area (Å²) in [6.45, 7) is 8.66. The van der Waals surface area contributed by atoms with Gasteiger partial charge in [-0.3, -0.25) is 9.59 Å². The molecule has 0 aromatic heterocycles. The first-order valence-electron chi connectivity index (χ1n) is 9.56. The number of carbonyl (C=O) groups is 2. The molecule has 0 atom stereocenters. The minimum atomic E-state index is -0.365. The molecule has 0 saturated carbocycles. The Labute approximate surface area is 190 Å². The van der Waals surface area contributed by atoms with Crippen LogP contribution in [0, 0.1) is 8.99 Å². The second kappa shape index (κ2) is 8.92. The van der Waals surface area contributed by atoms with Crippen LogP contribution in [0.4, 0.5) is 11.4 Å². The van der Waals surface area contributed by atoms with Gasteiger partial charge in [-0.1, -0.05) is 44.5 Å². The lowest BCUT2D eigenvalue weighted by Crippen LogP contribution is -2.51. The molecule has 154 valence electrons. The SMILES string of the molecule is CC(C)(C)C(=O)N1CCN(c2ccc(NC(=O)c3ccccc3I)cc2Cl)CC1. The average molecular weight is 526 g/mol. The number of nitrogens with zero attached hydrogens (tertiary/aromatic N) is 2. The van der Waals surface area contributed by atoms with Crippen molar-refractivity contribution in [1.82, 2.24) is 4.90 Å². The third-order valence-corrected chi connectivity index (χ3v) is 6.12. The first kappa shape index (κ1) is 21.9. The number of piperazine rings is 1. The Morgan fingerprint density at radius 2 is 1.69 bits per heavy atom. The van der Waals surface area contributed by atoms with E-state index in [2.05, 4.69) is 32.8 Å². The maximum absolute atomic E-state index is 12.5. The van der Waals surface area contributed by atoms with Crippen molar-refractivity contribution in [3.63, 3.8) is 0 Å². The van der Waals surface area contributed by atoms with Crippen LogP contribution in [0.15, 0.2) is 42.5 Å². The predicted molar refractivity (Wildman–Crippen MR) is 127 cm³/mol. The van der Waals surface area contributed by atoms with Gasteiger partial charge in [-0.2, -0.15) is 0 Å². The maximum atomic E-state index is 12.5. The Balaban J connectivity index is 1.65. The number of carbonyl (C=O) groups excluding carboxylic acids is 2. The van der Waals surface area contributed by atoms with Gasteiger partial charge in [0.1, 0.15) is 0 Å². The zero-order chi connectivity index (χ0) is 21.2. The van der Waals surface area contributed by atoms with Crippen molar-refractivity contribution in [3.05, 3.63) is 56.6 Å². The van der Waals surface area contributed by atoms with Crippen LogP contribution in [-0.2, 0) is 4.79 Å². The van der Waals surface area contributed by atoms with Crippen LogP contribution in [0.1, 0.15) is 31.1 Å². The highest BCUT2D eigenvalue weighted by molar-refractivity contribution is 14.1. The second-order valence-electron chi connectivity index (χ2n) is 8.13. The smallest absolute Gasteiger partial charge is 0.256 e. The van der Waals surface area contributed by atoms with Crippen LogP contribution >= 0.6 is 34.2 Å². The summed E-state index contributed by atoms with van der Waals surface area (Å²) in [6.07, 6.45) is 0. The van der Waals surface area contributed by atoms with Gasteiger partial charge in [0, 0.05) is 40.9 Å². The van der Waals surface area contributed by atoms with Gasteiger partial charge in [0.2, 0.25) is 5.91 Å². The Bertz CT molecular complexity index is 919. The van der Waals surface area contributed by atoms with Crippen molar-refractivity contribution in [2.75, 3.05) is 36.4 Å². The van der Waals surface area contributed by atoms with E-state index in [0.717, 1.165) is 22.3 Å². The molecular weight excluding hydrogens is 501 g/mol. The van der Waals surface area contributed by atoms with Gasteiger partial charge < -0.3 is 15.1 Å². The molecule has 3 rings (SSSR count). The Morgan fingerprint density at radius 1 is 1.03 bits per heavy atom. The molecule has 1 saturated heterocycles. The van der Waals surface area contributed by atoms with Crippen molar-refractivity contribution < 1.29 is 9.59 Å². The van der Waals surface area contributed by atoms with Crippen LogP contribution in [-0.4, -0.2) is 42.9 Å². The summed E-state index contributed by atoms with van der Waals surface area (Å²) in [7, 11) is 0. The molecule has 7 heteroatoms. The molecular formula is C22H25ClIN3O2. The molecule has 2 aromatic rings. The van der Waals surface area contributed by atoms with Gasteiger partial charge in [0.25, 0.3) is 5.91 Å². The number of nitrogens with one attached hydrogen (secondary N) is 1. The molecule has 2 amide bonds. The molecule has 1 aliphatic rings. The fraction of sp³-hybridized carbons (Fsp3) is 0.364. The summed E-state index contributed by atoms with van der Waals surface area (Å²) in [4.78, 5) is 29.1. The normalized spacial score (nSPS) is 14.7. The van der Waals surface area contributed by atoms with Crippen molar-refractivity contribution in [2.45, 2.75) is 20.8 Å². The lowest BCUT2D eigenvalue weighted by molar-refractivity contribution is -0.139. The molecule has 1 heterocycles. The van der Waals surface area contributed by atoms with Gasteiger partial charge in [0.15, 0.2) is 0 Å². The van der Waals surface area contributed by atoms with E-state index >= 15 is 0 Å². The maximum Gasteiger partial charge on any atom is 0.256 e. The minimum absolute atomic E-state index is 0.159. The number of amides is 2. The van der Waals surface area contributed by atoms with E-state index in [-0.39, 0.29) is 17.2 Å². The average Bonchev–Trinajstić information content (AvgIpc) is 2.67. The molecule has 29 heavy (non-hydrogen) atoms. The third kappa shape index (κ3) is 5.22. The van der Waals surface area contributed by atoms with Gasteiger partial charge in [-0.15, -0.1) is 0 Å². The first-order chi connectivity index (χ1) is 13.7. The van der Waals surface area contributed by atoms with Crippen molar-refractivity contribution in [1.29, 1.82) is 0 Å². The Morgan fingerprint density at radius 3 is 2.28 bits per heavy atom. The second-order valence-corrected chi connectivity index (χ2v) is 9.70. The van der Waals surface area contributed by atoms with E-state index < -0.39 is 0 Å². The number of hydrogen-bond donors (Lipinski definition) is 1. The number of halogens is 2. The number of anilines is 2. The van der Waals surface area contributed by atoms with Crippen LogP contribution in [0.3, 0.4) is 0 Å². The van der Waals surface area contributed by atoms with E-state index in [9.17, 15) is 9.59 Å². The summed E-state index contributed by atoms with van der Waals surface area (Å²) in [5.74, 6) is 0.0185. The van der Waals surface area contributed by atoms with E-state index in [1.54, 1.807) is 12.1 Å². The molecule has 1 N–H and O–H groups in total. The molecule has 1 aliphatic heterocycles. The highest BCUT2D eigenvalue weighted by Gasteiger charge is 2.30. The van der Waals surface area contributed by atoms with Gasteiger partial charge in [-0.05, 0) is 52.9 Å².